The molecule has 1 atom stereocenters. The smallest absolute Gasteiger partial charge is 0.358 e. The average Bonchev–Trinajstić information content (AvgIpc) is 2.61. The van der Waals surface area contributed by atoms with Gasteiger partial charge in [-0.15, -0.1) is 4.68 Å². The van der Waals surface area contributed by atoms with E-state index in [-0.39, 0.29) is 17.6 Å². The molecule has 82 valence electrons. The molecule has 0 aliphatic heterocycles. The molecule has 15 heavy (non-hydrogen) atoms. The lowest BCUT2D eigenvalue weighted by atomic mass is 10.3. The molecule has 0 saturated heterocycles. The Morgan fingerprint density at radius 2 is 2.40 bits per heavy atom. The molecule has 0 aliphatic rings. The van der Waals surface area contributed by atoms with Crippen LogP contribution in [0.3, 0.4) is 0 Å². The quantitative estimate of drug-likeness (QED) is 0.603. The summed E-state index contributed by atoms with van der Waals surface area (Å²) in [6, 6.07) is 0.771. The van der Waals surface area contributed by atoms with E-state index in [9.17, 15) is 14.9 Å². The summed E-state index contributed by atoms with van der Waals surface area (Å²) in [5.41, 5.74) is -0.304. The molecular formula is C8H11N3O4. The summed E-state index contributed by atoms with van der Waals surface area (Å²) in [5.74, 6) is -1.55. The third-order valence-electron chi connectivity index (χ3n) is 2.13. The summed E-state index contributed by atoms with van der Waals surface area (Å²) in [5, 5.41) is 23.0. The summed E-state index contributed by atoms with van der Waals surface area (Å²) in [6.07, 6.45) is 0.640. The molecule has 0 spiro atoms. The molecule has 0 bridgehead atoms. The van der Waals surface area contributed by atoms with E-state index < -0.39 is 10.9 Å². The molecule has 1 heterocycles. The lowest BCUT2D eigenvalue weighted by molar-refractivity contribution is -0.393. The largest absolute Gasteiger partial charge is 0.476 e. The van der Waals surface area contributed by atoms with Gasteiger partial charge in [-0.3, -0.25) is 0 Å². The first-order valence-electron chi connectivity index (χ1n) is 4.44. The van der Waals surface area contributed by atoms with Gasteiger partial charge >= 0.3 is 11.8 Å². The van der Waals surface area contributed by atoms with Crippen LogP contribution in [0.25, 0.3) is 0 Å². The minimum atomic E-state index is -1.26. The van der Waals surface area contributed by atoms with Crippen molar-refractivity contribution in [2.75, 3.05) is 0 Å². The number of aromatic nitrogens is 2. The Labute approximate surface area is 85.5 Å². The number of carboxylic acids is 1. The maximum absolute atomic E-state index is 10.6. The standard InChI is InChI=1S/C8H11N3O4/c1-3-5(2)10-7(11(14)15)4-6(9-10)8(12)13/h4-5H,3H2,1-2H3,(H,12,13). The Morgan fingerprint density at radius 3 is 2.80 bits per heavy atom. The van der Waals surface area contributed by atoms with Gasteiger partial charge in [0.2, 0.25) is 0 Å². The van der Waals surface area contributed by atoms with E-state index in [2.05, 4.69) is 5.10 Å². The van der Waals surface area contributed by atoms with E-state index in [4.69, 9.17) is 5.11 Å². The molecule has 1 aromatic rings. The molecule has 1 aromatic heterocycles. The Balaban J connectivity index is 3.23. The van der Waals surface area contributed by atoms with Crippen molar-refractivity contribution in [3.63, 3.8) is 0 Å². The van der Waals surface area contributed by atoms with E-state index in [1.807, 2.05) is 6.92 Å². The minimum Gasteiger partial charge on any atom is -0.476 e. The highest BCUT2D eigenvalue weighted by Gasteiger charge is 2.24. The zero-order chi connectivity index (χ0) is 11.6. The summed E-state index contributed by atoms with van der Waals surface area (Å²) >= 11 is 0. The van der Waals surface area contributed by atoms with Crippen molar-refractivity contribution in [3.05, 3.63) is 21.9 Å². The van der Waals surface area contributed by atoms with Gasteiger partial charge in [-0.25, -0.2) is 4.79 Å². The zero-order valence-electron chi connectivity index (χ0n) is 8.38. The van der Waals surface area contributed by atoms with Crippen LogP contribution in [-0.2, 0) is 0 Å². The summed E-state index contributed by atoms with van der Waals surface area (Å²) < 4.78 is 1.13. The van der Waals surface area contributed by atoms with Crippen molar-refractivity contribution in [1.82, 2.24) is 9.78 Å². The number of aromatic carboxylic acids is 1. The second-order valence-electron chi connectivity index (χ2n) is 3.15. The Kier molecular flexibility index (Phi) is 3.03. The van der Waals surface area contributed by atoms with Gasteiger partial charge in [0.15, 0.2) is 5.69 Å². The molecule has 0 saturated carbocycles. The van der Waals surface area contributed by atoms with E-state index in [1.165, 1.54) is 0 Å². The lowest BCUT2D eigenvalue weighted by Gasteiger charge is -2.04. The number of nitro groups is 1. The normalized spacial score (nSPS) is 12.4. The van der Waals surface area contributed by atoms with Crippen molar-refractivity contribution >= 4 is 11.8 Å². The van der Waals surface area contributed by atoms with Crippen molar-refractivity contribution in [2.45, 2.75) is 26.3 Å². The molecule has 7 heteroatoms. The summed E-state index contributed by atoms with van der Waals surface area (Å²) in [7, 11) is 0. The van der Waals surface area contributed by atoms with Gasteiger partial charge in [-0.1, -0.05) is 12.0 Å². The average molecular weight is 213 g/mol. The van der Waals surface area contributed by atoms with Crippen LogP contribution in [0.2, 0.25) is 0 Å². The number of rotatable bonds is 4. The highest BCUT2D eigenvalue weighted by Crippen LogP contribution is 2.20. The number of hydrogen-bond acceptors (Lipinski definition) is 4. The molecule has 0 amide bonds. The van der Waals surface area contributed by atoms with Crippen molar-refractivity contribution in [1.29, 1.82) is 0 Å². The van der Waals surface area contributed by atoms with Gasteiger partial charge in [0.25, 0.3) is 0 Å². The van der Waals surface area contributed by atoms with Crippen LogP contribution in [0.15, 0.2) is 6.07 Å². The van der Waals surface area contributed by atoms with Crippen LogP contribution in [0.1, 0.15) is 36.8 Å². The topological polar surface area (TPSA) is 98.3 Å². The van der Waals surface area contributed by atoms with Crippen LogP contribution in [0.5, 0.6) is 0 Å². The third-order valence-corrected chi connectivity index (χ3v) is 2.13. The second-order valence-corrected chi connectivity index (χ2v) is 3.15. The van der Waals surface area contributed by atoms with Crippen molar-refractivity contribution in [3.8, 4) is 0 Å². The predicted molar refractivity (Wildman–Crippen MR) is 50.8 cm³/mol. The van der Waals surface area contributed by atoms with Crippen LogP contribution in [-0.4, -0.2) is 25.8 Å². The van der Waals surface area contributed by atoms with Crippen LogP contribution in [0.4, 0.5) is 5.82 Å². The van der Waals surface area contributed by atoms with E-state index in [1.54, 1.807) is 6.92 Å². The first-order chi connectivity index (χ1) is 6.97. The van der Waals surface area contributed by atoms with Gasteiger partial charge in [-0.2, -0.15) is 0 Å². The monoisotopic (exact) mass is 213 g/mol. The Bertz CT molecular complexity index is 399. The van der Waals surface area contributed by atoms with Crippen molar-refractivity contribution < 1.29 is 14.8 Å². The van der Waals surface area contributed by atoms with E-state index in [0.29, 0.717) is 6.42 Å². The van der Waals surface area contributed by atoms with Crippen LogP contribution < -0.4 is 0 Å². The van der Waals surface area contributed by atoms with Gasteiger partial charge in [0.05, 0.1) is 6.07 Å². The third kappa shape index (κ3) is 2.12. The van der Waals surface area contributed by atoms with Gasteiger partial charge in [0.1, 0.15) is 6.04 Å². The number of carboxylic acid groups (broad SMARTS) is 1. The van der Waals surface area contributed by atoms with Crippen LogP contribution >= 0.6 is 0 Å². The number of nitrogens with zero attached hydrogens (tertiary/aromatic N) is 3. The Morgan fingerprint density at radius 1 is 1.80 bits per heavy atom. The predicted octanol–water partition coefficient (Wildman–Crippen LogP) is 1.46. The summed E-state index contributed by atoms with van der Waals surface area (Å²) in [4.78, 5) is 20.6. The van der Waals surface area contributed by atoms with Gasteiger partial charge in [0, 0.05) is 0 Å². The van der Waals surface area contributed by atoms with E-state index in [0.717, 1.165) is 10.7 Å². The molecule has 0 fully saturated rings. The molecule has 0 radical (unpaired) electrons. The fourth-order valence-electron chi connectivity index (χ4n) is 1.12. The Hall–Kier alpha value is -1.92. The minimum absolute atomic E-state index is 0.196. The highest BCUT2D eigenvalue weighted by molar-refractivity contribution is 5.85. The second kappa shape index (κ2) is 4.07. The maximum atomic E-state index is 10.6. The number of hydrogen-bond donors (Lipinski definition) is 1. The SMILES string of the molecule is CCC(C)n1nc(C(=O)O)cc1[N+](=O)[O-]. The van der Waals surface area contributed by atoms with E-state index >= 15 is 0 Å². The fourth-order valence-corrected chi connectivity index (χ4v) is 1.12. The highest BCUT2D eigenvalue weighted by atomic mass is 16.6. The lowest BCUT2D eigenvalue weighted by Crippen LogP contribution is -2.10. The molecule has 0 aliphatic carbocycles. The molecule has 7 nitrogen and oxygen atoms in total. The molecule has 1 N–H and O–H groups in total. The zero-order valence-corrected chi connectivity index (χ0v) is 8.38. The first kappa shape index (κ1) is 11.2. The van der Waals surface area contributed by atoms with Gasteiger partial charge in [-0.05, 0) is 18.3 Å². The maximum Gasteiger partial charge on any atom is 0.358 e. The number of carbonyl (C=O) groups is 1. The summed E-state index contributed by atoms with van der Waals surface area (Å²) in [6.45, 7) is 3.59. The van der Waals surface area contributed by atoms with Gasteiger partial charge < -0.3 is 15.2 Å². The molecule has 1 rings (SSSR count). The fraction of sp³-hybridized carbons (Fsp3) is 0.500. The molecular weight excluding hydrogens is 202 g/mol. The first-order valence-corrected chi connectivity index (χ1v) is 4.44. The molecule has 0 aromatic carbocycles. The van der Waals surface area contributed by atoms with Crippen LogP contribution in [0, 0.1) is 10.1 Å². The van der Waals surface area contributed by atoms with Crippen molar-refractivity contribution in [2.24, 2.45) is 0 Å². The molecule has 1 unspecified atom stereocenters.